The third kappa shape index (κ3) is 6.39. The molecule has 3 nitrogen and oxygen atoms in total. The first kappa shape index (κ1) is 17.4. The van der Waals surface area contributed by atoms with Gasteiger partial charge in [-0.05, 0) is 44.6 Å². The van der Waals surface area contributed by atoms with Gasteiger partial charge in [-0.25, -0.2) is 0 Å². The third-order valence-electron chi connectivity index (χ3n) is 3.77. The predicted molar refractivity (Wildman–Crippen MR) is 78.5 cm³/mol. The molecule has 0 saturated heterocycles. The van der Waals surface area contributed by atoms with Crippen molar-refractivity contribution < 1.29 is 4.79 Å². The van der Waals surface area contributed by atoms with E-state index in [1.807, 2.05) is 13.8 Å². The van der Waals surface area contributed by atoms with E-state index in [0.29, 0.717) is 17.8 Å². The zero-order valence-electron chi connectivity index (χ0n) is 13.2. The molecule has 0 fully saturated rings. The fraction of sp³-hybridized carbons (Fsp3) is 0.933. The quantitative estimate of drug-likeness (QED) is 0.701. The van der Waals surface area contributed by atoms with E-state index < -0.39 is 0 Å². The second kappa shape index (κ2) is 8.52. The summed E-state index contributed by atoms with van der Waals surface area (Å²) in [7, 11) is 0. The molecule has 0 aliphatic heterocycles. The van der Waals surface area contributed by atoms with Gasteiger partial charge in [0.05, 0.1) is 6.04 Å². The highest BCUT2D eigenvalue weighted by atomic mass is 16.2. The monoisotopic (exact) mass is 256 g/mol. The minimum atomic E-state index is -0.112. The van der Waals surface area contributed by atoms with E-state index in [-0.39, 0.29) is 18.0 Å². The predicted octanol–water partition coefficient (Wildman–Crippen LogP) is 2.81. The van der Waals surface area contributed by atoms with E-state index in [4.69, 9.17) is 0 Å². The van der Waals surface area contributed by atoms with Crippen molar-refractivity contribution in [1.82, 2.24) is 10.6 Å². The summed E-state index contributed by atoms with van der Waals surface area (Å²) in [4.78, 5) is 11.9. The van der Waals surface area contributed by atoms with Crippen LogP contribution in [0.1, 0.15) is 54.9 Å². The summed E-state index contributed by atoms with van der Waals surface area (Å²) in [5.74, 6) is 2.00. The molecule has 0 rings (SSSR count). The van der Waals surface area contributed by atoms with Gasteiger partial charge in [0.1, 0.15) is 0 Å². The van der Waals surface area contributed by atoms with Crippen LogP contribution in [0, 0.1) is 17.8 Å². The van der Waals surface area contributed by atoms with E-state index in [2.05, 4.69) is 45.3 Å². The summed E-state index contributed by atoms with van der Waals surface area (Å²) in [6.45, 7) is 15.9. The Labute approximate surface area is 113 Å². The summed E-state index contributed by atoms with van der Waals surface area (Å²) in [6, 6.07) is 0.145. The van der Waals surface area contributed by atoms with Crippen LogP contribution in [0.2, 0.25) is 0 Å². The molecule has 0 saturated carbocycles. The van der Waals surface area contributed by atoms with Gasteiger partial charge < -0.3 is 10.6 Å². The standard InChI is InChI=1S/C15H32N2O/c1-8-12(6)17-15(18)13(7)16-9-14(10(2)3)11(4)5/h10-14,16H,8-9H2,1-7H3,(H,17,18). The maximum absolute atomic E-state index is 11.9. The Balaban J connectivity index is 4.15. The van der Waals surface area contributed by atoms with Crippen molar-refractivity contribution in [2.24, 2.45) is 17.8 Å². The summed E-state index contributed by atoms with van der Waals surface area (Å²) < 4.78 is 0. The molecule has 1 amide bonds. The molecule has 0 heterocycles. The molecule has 108 valence electrons. The van der Waals surface area contributed by atoms with Gasteiger partial charge in [-0.2, -0.15) is 0 Å². The molecule has 0 aliphatic rings. The number of nitrogens with one attached hydrogen (secondary N) is 2. The number of rotatable bonds is 8. The van der Waals surface area contributed by atoms with Gasteiger partial charge in [0.2, 0.25) is 5.91 Å². The van der Waals surface area contributed by atoms with Crippen molar-refractivity contribution in [3.63, 3.8) is 0 Å². The number of carbonyl (C=O) groups excluding carboxylic acids is 1. The van der Waals surface area contributed by atoms with Crippen molar-refractivity contribution >= 4 is 5.91 Å². The Morgan fingerprint density at radius 1 is 1.00 bits per heavy atom. The SMILES string of the molecule is CCC(C)NC(=O)C(C)NCC(C(C)C)C(C)C. The van der Waals surface area contributed by atoms with Crippen LogP contribution in [0.15, 0.2) is 0 Å². The summed E-state index contributed by atoms with van der Waals surface area (Å²) in [5, 5.41) is 6.37. The number of hydrogen-bond acceptors (Lipinski definition) is 2. The first-order valence-electron chi connectivity index (χ1n) is 7.33. The van der Waals surface area contributed by atoms with E-state index in [9.17, 15) is 4.79 Å². The Morgan fingerprint density at radius 2 is 1.50 bits per heavy atom. The normalized spacial score (nSPS) is 15.2. The van der Waals surface area contributed by atoms with Crippen molar-refractivity contribution in [1.29, 1.82) is 0 Å². The molecule has 0 aromatic heterocycles. The lowest BCUT2D eigenvalue weighted by atomic mass is 9.85. The topological polar surface area (TPSA) is 41.1 Å². The molecule has 0 spiro atoms. The Morgan fingerprint density at radius 3 is 1.89 bits per heavy atom. The highest BCUT2D eigenvalue weighted by Gasteiger charge is 2.20. The molecule has 0 aliphatic carbocycles. The fourth-order valence-electron chi connectivity index (χ4n) is 2.12. The van der Waals surface area contributed by atoms with Gasteiger partial charge in [-0.15, -0.1) is 0 Å². The zero-order valence-corrected chi connectivity index (χ0v) is 13.2. The molecule has 0 aromatic carbocycles. The van der Waals surface area contributed by atoms with E-state index in [1.54, 1.807) is 0 Å². The van der Waals surface area contributed by atoms with Crippen molar-refractivity contribution in [2.45, 2.75) is 67.0 Å². The van der Waals surface area contributed by atoms with Gasteiger partial charge in [-0.3, -0.25) is 4.79 Å². The Kier molecular flexibility index (Phi) is 8.25. The van der Waals surface area contributed by atoms with Gasteiger partial charge in [0.15, 0.2) is 0 Å². The number of carbonyl (C=O) groups is 1. The van der Waals surface area contributed by atoms with E-state index in [1.165, 1.54) is 0 Å². The number of hydrogen-bond donors (Lipinski definition) is 2. The molecule has 2 atom stereocenters. The van der Waals surface area contributed by atoms with Crippen LogP contribution in [0.4, 0.5) is 0 Å². The zero-order chi connectivity index (χ0) is 14.3. The Hall–Kier alpha value is -0.570. The van der Waals surface area contributed by atoms with Crippen LogP contribution < -0.4 is 10.6 Å². The van der Waals surface area contributed by atoms with Crippen molar-refractivity contribution in [3.8, 4) is 0 Å². The minimum Gasteiger partial charge on any atom is -0.352 e. The van der Waals surface area contributed by atoms with Crippen LogP contribution in [0.5, 0.6) is 0 Å². The molecule has 0 bridgehead atoms. The first-order valence-corrected chi connectivity index (χ1v) is 7.33. The molecule has 2 unspecified atom stereocenters. The van der Waals surface area contributed by atoms with E-state index in [0.717, 1.165) is 13.0 Å². The minimum absolute atomic E-state index is 0.107. The molecule has 3 heteroatoms. The second-order valence-electron chi connectivity index (χ2n) is 6.10. The lowest BCUT2D eigenvalue weighted by Crippen LogP contribution is -2.47. The second-order valence-corrected chi connectivity index (χ2v) is 6.10. The highest BCUT2D eigenvalue weighted by molar-refractivity contribution is 5.81. The molecule has 0 radical (unpaired) electrons. The van der Waals surface area contributed by atoms with Crippen LogP contribution >= 0.6 is 0 Å². The van der Waals surface area contributed by atoms with Crippen LogP contribution in [0.25, 0.3) is 0 Å². The maximum atomic E-state index is 11.9. The molecule has 18 heavy (non-hydrogen) atoms. The fourth-order valence-corrected chi connectivity index (χ4v) is 2.12. The summed E-state index contributed by atoms with van der Waals surface area (Å²) >= 11 is 0. The van der Waals surface area contributed by atoms with Crippen LogP contribution in [-0.2, 0) is 4.79 Å². The largest absolute Gasteiger partial charge is 0.352 e. The Bertz CT molecular complexity index is 231. The molecular weight excluding hydrogens is 224 g/mol. The van der Waals surface area contributed by atoms with Gasteiger partial charge in [0, 0.05) is 6.04 Å². The summed E-state index contributed by atoms with van der Waals surface area (Å²) in [5.41, 5.74) is 0. The van der Waals surface area contributed by atoms with Crippen LogP contribution in [0.3, 0.4) is 0 Å². The van der Waals surface area contributed by atoms with E-state index >= 15 is 0 Å². The van der Waals surface area contributed by atoms with Gasteiger partial charge in [0.25, 0.3) is 0 Å². The van der Waals surface area contributed by atoms with Crippen LogP contribution in [-0.4, -0.2) is 24.5 Å². The lowest BCUT2D eigenvalue weighted by molar-refractivity contribution is -0.123. The molecule has 0 aromatic rings. The van der Waals surface area contributed by atoms with Gasteiger partial charge in [-0.1, -0.05) is 34.6 Å². The third-order valence-corrected chi connectivity index (χ3v) is 3.77. The average molecular weight is 256 g/mol. The lowest BCUT2D eigenvalue weighted by Gasteiger charge is -2.27. The molecule has 2 N–H and O–H groups in total. The maximum Gasteiger partial charge on any atom is 0.237 e. The molecular formula is C15H32N2O. The summed E-state index contributed by atoms with van der Waals surface area (Å²) in [6.07, 6.45) is 0.971. The van der Waals surface area contributed by atoms with Crippen molar-refractivity contribution in [3.05, 3.63) is 0 Å². The number of amides is 1. The first-order chi connectivity index (χ1) is 8.29. The average Bonchev–Trinajstić information content (AvgIpc) is 2.27. The smallest absolute Gasteiger partial charge is 0.237 e. The highest BCUT2D eigenvalue weighted by Crippen LogP contribution is 2.19. The van der Waals surface area contributed by atoms with Gasteiger partial charge >= 0.3 is 0 Å². The van der Waals surface area contributed by atoms with Crippen molar-refractivity contribution in [2.75, 3.05) is 6.54 Å².